The molecule has 0 fully saturated rings. The van der Waals surface area contributed by atoms with E-state index in [1.807, 2.05) is 48.5 Å². The largest absolute Gasteiger partial charge is 0.113 e. The fourth-order valence-electron chi connectivity index (χ4n) is 9.83. The van der Waals surface area contributed by atoms with E-state index in [1.54, 1.807) is 0 Å². The van der Waals surface area contributed by atoms with E-state index in [0.29, 0.717) is 87.2 Å². The topological polar surface area (TPSA) is 0 Å². The van der Waals surface area contributed by atoms with Gasteiger partial charge in [0.1, 0.15) is 126 Å². The average molecular weight is 709 g/mol. The van der Waals surface area contributed by atoms with Crippen LogP contribution in [0.4, 0.5) is 0 Å². The predicted molar refractivity (Wildman–Crippen MR) is 275 cm³/mol. The van der Waals surface area contributed by atoms with Crippen molar-refractivity contribution in [1.82, 2.24) is 0 Å². The molecular weight excluding hydrogens is 700 g/mol. The number of hydrogen-bond donors (Lipinski definition) is 0. The van der Waals surface area contributed by atoms with Gasteiger partial charge in [-0.1, -0.05) is 101 Å². The predicted octanol–water partition coefficient (Wildman–Crippen LogP) is -7.84. The summed E-state index contributed by atoms with van der Waals surface area (Å²) in [7, 11) is 116. The molecular formula is C43H9B17. The summed E-state index contributed by atoms with van der Waals surface area (Å²) in [6.07, 6.45) is 0. The Bertz CT molecular complexity index is 3480. The quantitative estimate of drug-likeness (QED) is 0.127. The van der Waals surface area contributed by atoms with Gasteiger partial charge in [-0.3, -0.25) is 0 Å². The van der Waals surface area contributed by atoms with Crippen LogP contribution in [-0.4, -0.2) is 133 Å². The molecule has 10 rings (SSSR count). The lowest BCUT2D eigenvalue weighted by molar-refractivity contribution is 1.23. The minimum Gasteiger partial charge on any atom is -0.110 e. The van der Waals surface area contributed by atoms with Gasteiger partial charge in [0.25, 0.3) is 0 Å². The maximum absolute atomic E-state index is 7.20. The summed E-state index contributed by atoms with van der Waals surface area (Å²) in [4.78, 5) is 0. The zero-order chi connectivity index (χ0) is 42.9. The first kappa shape index (κ1) is 39.8. The van der Waals surface area contributed by atoms with Crippen LogP contribution in [0.2, 0.25) is 0 Å². The molecule has 1 atom stereocenters. The number of benzene rings is 9. The maximum Gasteiger partial charge on any atom is 0.113 e. The van der Waals surface area contributed by atoms with Gasteiger partial charge >= 0.3 is 0 Å². The maximum atomic E-state index is 7.20. The highest BCUT2D eigenvalue weighted by molar-refractivity contribution is 6.75. The molecule has 34 radical (unpaired) electrons. The van der Waals surface area contributed by atoms with Crippen molar-refractivity contribution >= 4 is 275 Å². The van der Waals surface area contributed by atoms with Gasteiger partial charge in [-0.05, 0) is 122 Å². The molecule has 0 aromatic heterocycles. The lowest BCUT2D eigenvalue weighted by Crippen LogP contribution is -2.48. The lowest BCUT2D eigenvalue weighted by atomic mass is 9.58. The van der Waals surface area contributed by atoms with E-state index in [2.05, 4.69) is 0 Å². The second kappa shape index (κ2) is 13.3. The Labute approximate surface area is 371 Å². The number of rotatable bonds is 3. The highest BCUT2D eigenvalue weighted by atomic mass is 14.3. The zero-order valence-electron chi connectivity index (χ0n) is 32.0. The van der Waals surface area contributed by atoms with Crippen LogP contribution in [0.15, 0.2) is 48.5 Å². The minimum absolute atomic E-state index is 0.0839. The first-order valence-corrected chi connectivity index (χ1v) is 18.7. The summed E-state index contributed by atoms with van der Waals surface area (Å²) in [5.41, 5.74) is 7.27. The Balaban J connectivity index is 1.40. The third kappa shape index (κ3) is 4.82. The second-order valence-electron chi connectivity index (χ2n) is 15.6. The molecule has 0 aliphatic heterocycles. The zero-order valence-corrected chi connectivity index (χ0v) is 32.0. The molecule has 1 aliphatic carbocycles. The van der Waals surface area contributed by atoms with Crippen molar-refractivity contribution in [3.05, 3.63) is 59.7 Å². The summed E-state index contributed by atoms with van der Waals surface area (Å²) in [5, 5.41) is 4.54. The van der Waals surface area contributed by atoms with E-state index in [0.717, 1.165) is 11.1 Å². The van der Waals surface area contributed by atoms with Gasteiger partial charge < -0.3 is 0 Å². The normalized spacial score (nSPS) is 13.6. The van der Waals surface area contributed by atoms with Crippen LogP contribution >= 0.6 is 0 Å². The third-order valence-corrected chi connectivity index (χ3v) is 12.7. The fraction of sp³-hybridized carbons (Fsp3) is 0.0233. The molecule has 1 aliphatic rings. The van der Waals surface area contributed by atoms with Crippen LogP contribution in [0.5, 0.6) is 0 Å². The summed E-state index contributed by atoms with van der Waals surface area (Å²) < 4.78 is 0. The molecule has 0 nitrogen and oxygen atoms in total. The van der Waals surface area contributed by atoms with Crippen LogP contribution in [-0.2, 0) is 0 Å². The molecule has 0 N–H and O–H groups in total. The van der Waals surface area contributed by atoms with Gasteiger partial charge in [0, 0.05) is 0 Å². The molecule has 9 aromatic carbocycles. The molecule has 0 saturated carbocycles. The number of hydrogen-bond acceptors (Lipinski definition) is 0. The van der Waals surface area contributed by atoms with Gasteiger partial charge in [-0.15, -0.1) is 16.4 Å². The van der Waals surface area contributed by atoms with Crippen molar-refractivity contribution in [3.63, 3.8) is 0 Å². The highest BCUT2D eigenvalue weighted by Crippen LogP contribution is 2.46. The van der Waals surface area contributed by atoms with Crippen molar-refractivity contribution in [2.45, 2.75) is 5.82 Å². The van der Waals surface area contributed by atoms with Crippen LogP contribution < -0.4 is 87.4 Å². The summed E-state index contributed by atoms with van der Waals surface area (Å²) in [6, 6.07) is 15.5. The van der Waals surface area contributed by atoms with Crippen LogP contribution in [0.25, 0.3) is 87.2 Å². The van der Waals surface area contributed by atoms with Gasteiger partial charge in [-0.25, -0.2) is 0 Å². The first-order chi connectivity index (χ1) is 28.4. The van der Waals surface area contributed by atoms with E-state index in [9.17, 15) is 0 Å². The average Bonchev–Trinajstić information content (AvgIpc) is 3.52. The van der Waals surface area contributed by atoms with Crippen molar-refractivity contribution in [3.8, 4) is 33.4 Å². The molecule has 0 saturated heterocycles. The first-order valence-electron chi connectivity index (χ1n) is 18.7. The highest BCUT2D eigenvalue weighted by Gasteiger charge is 2.33. The Kier molecular flexibility index (Phi) is 8.83. The molecule has 1 unspecified atom stereocenters. The summed E-state index contributed by atoms with van der Waals surface area (Å²) in [6.45, 7) is 0. The van der Waals surface area contributed by atoms with Crippen LogP contribution in [0, 0.1) is 0 Å². The fourth-order valence-corrected chi connectivity index (χ4v) is 9.83. The van der Waals surface area contributed by atoms with Gasteiger partial charge in [0.15, 0.2) is 0 Å². The molecule has 9 aromatic rings. The Morgan fingerprint density at radius 1 is 0.250 bits per heavy atom. The second-order valence-corrected chi connectivity index (χ2v) is 15.6. The minimum atomic E-state index is -0.863. The van der Waals surface area contributed by atoms with Crippen molar-refractivity contribution in [2.24, 2.45) is 0 Å². The lowest BCUT2D eigenvalue weighted by Gasteiger charge is -2.30. The van der Waals surface area contributed by atoms with Crippen molar-refractivity contribution < 1.29 is 0 Å². The summed E-state index contributed by atoms with van der Waals surface area (Å²) in [5.74, 6) is -0.863. The Morgan fingerprint density at radius 2 is 0.583 bits per heavy atom. The van der Waals surface area contributed by atoms with E-state index in [4.69, 9.17) is 133 Å². The molecule has 17 heteroatoms. The van der Waals surface area contributed by atoms with Crippen molar-refractivity contribution in [2.75, 3.05) is 0 Å². The van der Waals surface area contributed by atoms with Crippen LogP contribution in [0.3, 0.4) is 0 Å². The SMILES string of the molecule is [B]c1c([B])c2c3c(c1[B])c([B])c([B])c1c([B])c([B])c(-c4cc(-c5ccccc5)cc(-c5c([B])c([B])c6c([B])c([B])c7c([B])c([B])c([B])c8c([B])c([B])c5c6c78)c4)c(c13)C2[B]. The van der Waals surface area contributed by atoms with Crippen molar-refractivity contribution in [1.29, 1.82) is 0 Å². The molecule has 0 amide bonds. The van der Waals surface area contributed by atoms with Gasteiger partial charge in [-0.2, -0.15) is 0 Å². The summed E-state index contributed by atoms with van der Waals surface area (Å²) >= 11 is 0. The molecule has 0 bridgehead atoms. The Morgan fingerprint density at radius 3 is 1.08 bits per heavy atom. The van der Waals surface area contributed by atoms with Gasteiger partial charge in [0.2, 0.25) is 0 Å². The van der Waals surface area contributed by atoms with Gasteiger partial charge in [0.05, 0.1) is 7.85 Å². The molecule has 0 heterocycles. The smallest absolute Gasteiger partial charge is 0.110 e. The molecule has 60 heavy (non-hydrogen) atoms. The van der Waals surface area contributed by atoms with E-state index < -0.39 is 5.82 Å². The molecule has 232 valence electrons. The van der Waals surface area contributed by atoms with E-state index in [1.165, 1.54) is 0 Å². The van der Waals surface area contributed by atoms with Crippen LogP contribution in [0.1, 0.15) is 16.9 Å². The molecule has 0 spiro atoms. The third-order valence-electron chi connectivity index (χ3n) is 12.7. The van der Waals surface area contributed by atoms with E-state index >= 15 is 0 Å². The Hall–Kier alpha value is -4.36. The van der Waals surface area contributed by atoms with E-state index in [-0.39, 0.29) is 87.4 Å². The standard InChI is InChI=1S/C43H9B17/c44-27-19-13(28(45)31(48)22-15(19)17-21(27)38(55)42(59)39(56)24(17)36(53)34(22)51)11-6-10(9-4-2-1-3-5-9)7-12(8-11)14-20-16-18-25(33(50)30(20)47)40(57)43(60)41(58)26(18)37(54)35(52)23(16)32(49)29(14)46/h1-8,27H. The monoisotopic (exact) mass is 712 g/mol.